The topological polar surface area (TPSA) is 92.4 Å². The summed E-state index contributed by atoms with van der Waals surface area (Å²) in [4.78, 5) is 27.3. The highest BCUT2D eigenvalue weighted by Crippen LogP contribution is 2.23. The van der Waals surface area contributed by atoms with E-state index in [0.717, 1.165) is 5.56 Å². The Morgan fingerprint density at radius 1 is 1.29 bits per heavy atom. The Bertz CT molecular complexity index is 636. The summed E-state index contributed by atoms with van der Waals surface area (Å²) in [5.41, 5.74) is 0.885. The molecule has 0 fully saturated rings. The predicted molar refractivity (Wildman–Crippen MR) is 74.7 cm³/mol. The number of hydrogen-bond acceptors (Lipinski definition) is 4. The van der Waals surface area contributed by atoms with Gasteiger partial charge in [-0.25, -0.2) is 4.98 Å². The number of oxazole rings is 1. The van der Waals surface area contributed by atoms with Crippen molar-refractivity contribution in [1.29, 1.82) is 0 Å². The molecule has 110 valence electrons. The van der Waals surface area contributed by atoms with E-state index in [1.807, 2.05) is 6.07 Å². The van der Waals surface area contributed by atoms with Crippen LogP contribution in [0.25, 0.3) is 0 Å². The number of aryl methyl sites for hydroxylation is 1. The van der Waals surface area contributed by atoms with Gasteiger partial charge in [-0.1, -0.05) is 30.3 Å². The molecule has 0 spiro atoms. The zero-order chi connectivity index (χ0) is 15.4. The SMILES string of the molecule is Cc1ocnc1C(=O)N[C@@H](c1ccccc1)[C@H](C)C(=O)O. The average Bonchev–Trinajstić information content (AvgIpc) is 2.91. The minimum absolute atomic E-state index is 0.161. The van der Waals surface area contributed by atoms with Crippen molar-refractivity contribution in [3.05, 3.63) is 53.7 Å². The fourth-order valence-electron chi connectivity index (χ4n) is 2.03. The summed E-state index contributed by atoms with van der Waals surface area (Å²) in [5.74, 6) is -1.82. The molecule has 1 aromatic heterocycles. The monoisotopic (exact) mass is 288 g/mol. The highest BCUT2D eigenvalue weighted by Gasteiger charge is 2.28. The second-order valence-electron chi connectivity index (χ2n) is 4.75. The first kappa shape index (κ1) is 14.8. The van der Waals surface area contributed by atoms with Crippen molar-refractivity contribution >= 4 is 11.9 Å². The van der Waals surface area contributed by atoms with Gasteiger partial charge in [-0.05, 0) is 19.4 Å². The van der Waals surface area contributed by atoms with E-state index in [9.17, 15) is 14.7 Å². The summed E-state index contributed by atoms with van der Waals surface area (Å²) in [6.07, 6.45) is 1.18. The van der Waals surface area contributed by atoms with Crippen molar-refractivity contribution in [2.24, 2.45) is 5.92 Å². The molecular formula is C15H16N2O4. The van der Waals surface area contributed by atoms with E-state index >= 15 is 0 Å². The number of nitrogens with zero attached hydrogens (tertiary/aromatic N) is 1. The Labute approximate surface area is 121 Å². The maximum Gasteiger partial charge on any atom is 0.308 e. The van der Waals surface area contributed by atoms with Crippen LogP contribution in [0.15, 0.2) is 41.1 Å². The predicted octanol–water partition coefficient (Wildman–Crippen LogP) is 2.17. The molecule has 2 aromatic rings. The van der Waals surface area contributed by atoms with Gasteiger partial charge in [-0.2, -0.15) is 0 Å². The smallest absolute Gasteiger partial charge is 0.308 e. The molecule has 1 aromatic carbocycles. The van der Waals surface area contributed by atoms with E-state index in [-0.39, 0.29) is 5.69 Å². The van der Waals surface area contributed by atoms with E-state index in [2.05, 4.69) is 10.3 Å². The highest BCUT2D eigenvalue weighted by atomic mass is 16.4. The standard InChI is InChI=1S/C15H16N2O4/c1-9(15(19)20)12(11-6-4-3-5-7-11)17-14(18)13-10(2)21-8-16-13/h3-9,12H,1-2H3,(H,17,18)(H,19,20)/t9-,12+/m0/s1. The summed E-state index contributed by atoms with van der Waals surface area (Å²) in [6, 6.07) is 8.33. The minimum Gasteiger partial charge on any atom is -0.481 e. The summed E-state index contributed by atoms with van der Waals surface area (Å²) < 4.78 is 4.99. The number of nitrogens with one attached hydrogen (secondary N) is 1. The lowest BCUT2D eigenvalue weighted by molar-refractivity contribution is -0.142. The summed E-state index contributed by atoms with van der Waals surface area (Å²) in [5, 5.41) is 11.9. The van der Waals surface area contributed by atoms with Crippen LogP contribution in [0.2, 0.25) is 0 Å². The summed E-state index contributed by atoms with van der Waals surface area (Å²) >= 11 is 0. The Balaban J connectivity index is 2.27. The third-order valence-electron chi connectivity index (χ3n) is 3.29. The number of aromatic nitrogens is 1. The van der Waals surface area contributed by atoms with Gasteiger partial charge in [0.2, 0.25) is 0 Å². The van der Waals surface area contributed by atoms with E-state index < -0.39 is 23.8 Å². The van der Waals surface area contributed by atoms with Crippen molar-refractivity contribution in [2.45, 2.75) is 19.9 Å². The molecular weight excluding hydrogens is 272 g/mol. The molecule has 0 radical (unpaired) electrons. The van der Waals surface area contributed by atoms with Crippen molar-refractivity contribution in [3.8, 4) is 0 Å². The van der Waals surface area contributed by atoms with Gasteiger partial charge < -0.3 is 14.8 Å². The molecule has 0 bridgehead atoms. The van der Waals surface area contributed by atoms with Crippen molar-refractivity contribution in [3.63, 3.8) is 0 Å². The van der Waals surface area contributed by atoms with Crippen molar-refractivity contribution < 1.29 is 19.1 Å². The van der Waals surface area contributed by atoms with Crippen LogP contribution in [-0.2, 0) is 4.79 Å². The number of rotatable bonds is 5. The van der Waals surface area contributed by atoms with Gasteiger partial charge in [0.25, 0.3) is 5.91 Å². The van der Waals surface area contributed by atoms with Crippen molar-refractivity contribution in [1.82, 2.24) is 10.3 Å². The van der Waals surface area contributed by atoms with Crippen LogP contribution in [0.5, 0.6) is 0 Å². The molecule has 0 saturated heterocycles. The lowest BCUT2D eigenvalue weighted by atomic mass is 9.94. The quantitative estimate of drug-likeness (QED) is 0.879. The number of hydrogen-bond donors (Lipinski definition) is 2. The summed E-state index contributed by atoms with van der Waals surface area (Å²) in [7, 11) is 0. The largest absolute Gasteiger partial charge is 0.481 e. The third kappa shape index (κ3) is 3.28. The zero-order valence-electron chi connectivity index (χ0n) is 11.7. The third-order valence-corrected chi connectivity index (χ3v) is 3.29. The molecule has 2 atom stereocenters. The van der Waals surface area contributed by atoms with Crippen LogP contribution < -0.4 is 5.32 Å². The van der Waals surface area contributed by atoms with Crippen LogP contribution in [0, 0.1) is 12.8 Å². The first-order valence-corrected chi connectivity index (χ1v) is 6.49. The van der Waals surface area contributed by atoms with Crippen LogP contribution in [0.3, 0.4) is 0 Å². The average molecular weight is 288 g/mol. The number of aliphatic carboxylic acids is 1. The molecule has 0 aliphatic rings. The van der Waals surface area contributed by atoms with Gasteiger partial charge in [-0.3, -0.25) is 9.59 Å². The van der Waals surface area contributed by atoms with Crippen LogP contribution in [0.4, 0.5) is 0 Å². The second kappa shape index (κ2) is 6.21. The van der Waals surface area contributed by atoms with Gasteiger partial charge in [0, 0.05) is 0 Å². The molecule has 0 aliphatic carbocycles. The number of benzene rings is 1. The molecule has 0 aliphatic heterocycles. The molecule has 0 saturated carbocycles. The molecule has 2 rings (SSSR count). The number of carbonyl (C=O) groups excluding carboxylic acids is 1. The highest BCUT2D eigenvalue weighted by molar-refractivity contribution is 5.93. The van der Waals surface area contributed by atoms with Crippen LogP contribution in [0.1, 0.15) is 34.8 Å². The maximum atomic E-state index is 12.2. The Kier molecular flexibility index (Phi) is 4.37. The normalized spacial score (nSPS) is 13.4. The van der Waals surface area contributed by atoms with E-state index in [0.29, 0.717) is 5.76 Å². The lowest BCUT2D eigenvalue weighted by Gasteiger charge is -2.22. The van der Waals surface area contributed by atoms with Crippen molar-refractivity contribution in [2.75, 3.05) is 0 Å². The second-order valence-corrected chi connectivity index (χ2v) is 4.75. The molecule has 6 nitrogen and oxygen atoms in total. The van der Waals surface area contributed by atoms with Gasteiger partial charge in [0.1, 0.15) is 5.76 Å². The first-order chi connectivity index (χ1) is 10.0. The molecule has 2 N–H and O–H groups in total. The number of carboxylic acid groups (broad SMARTS) is 1. The Morgan fingerprint density at radius 3 is 2.48 bits per heavy atom. The molecule has 1 amide bonds. The molecule has 21 heavy (non-hydrogen) atoms. The van der Waals surface area contributed by atoms with Crippen LogP contribution >= 0.6 is 0 Å². The van der Waals surface area contributed by atoms with Gasteiger partial charge in [-0.15, -0.1) is 0 Å². The molecule has 1 heterocycles. The zero-order valence-corrected chi connectivity index (χ0v) is 11.7. The molecule has 0 unspecified atom stereocenters. The Morgan fingerprint density at radius 2 is 1.95 bits per heavy atom. The van der Waals surface area contributed by atoms with Gasteiger partial charge in [0.15, 0.2) is 12.1 Å². The van der Waals surface area contributed by atoms with E-state index in [4.69, 9.17) is 4.42 Å². The van der Waals surface area contributed by atoms with E-state index in [1.54, 1.807) is 38.1 Å². The van der Waals surface area contributed by atoms with Crippen LogP contribution in [-0.4, -0.2) is 22.0 Å². The van der Waals surface area contributed by atoms with Gasteiger partial charge >= 0.3 is 5.97 Å². The fourth-order valence-corrected chi connectivity index (χ4v) is 2.03. The number of carboxylic acids is 1. The lowest BCUT2D eigenvalue weighted by Crippen LogP contribution is -2.36. The van der Waals surface area contributed by atoms with E-state index in [1.165, 1.54) is 6.39 Å². The maximum absolute atomic E-state index is 12.2. The fraction of sp³-hybridized carbons (Fsp3) is 0.267. The Hall–Kier alpha value is -2.63. The number of amides is 1. The summed E-state index contributed by atoms with van der Waals surface area (Å²) in [6.45, 7) is 3.18. The number of carbonyl (C=O) groups is 2. The minimum atomic E-state index is -0.985. The molecule has 6 heteroatoms. The first-order valence-electron chi connectivity index (χ1n) is 6.49. The van der Waals surface area contributed by atoms with Gasteiger partial charge in [0.05, 0.1) is 12.0 Å².